The summed E-state index contributed by atoms with van der Waals surface area (Å²) in [5.41, 5.74) is -3.97. The number of rotatable bonds is 1. The van der Waals surface area contributed by atoms with Crippen LogP contribution in [0.1, 0.15) is 6.42 Å². The Hall–Kier alpha value is -0.990. The standard InChI is InChI=1S/C7H7F6NO2/c8-6(9,10)5(7(11,12)13)1-3(4(15)16)14-2-5/h3,14H,1-2H2,(H,15,16). The molecule has 1 aliphatic heterocycles. The third kappa shape index (κ3) is 1.83. The number of nitrogens with one attached hydrogen (secondary N) is 1. The molecule has 1 heterocycles. The van der Waals surface area contributed by atoms with Crippen molar-refractivity contribution in [2.45, 2.75) is 24.8 Å². The molecule has 16 heavy (non-hydrogen) atoms. The maximum Gasteiger partial charge on any atom is 0.404 e. The van der Waals surface area contributed by atoms with Crippen LogP contribution in [-0.4, -0.2) is 36.0 Å². The molecule has 0 aromatic rings. The fourth-order valence-electron chi connectivity index (χ4n) is 1.56. The van der Waals surface area contributed by atoms with E-state index in [9.17, 15) is 31.1 Å². The van der Waals surface area contributed by atoms with Gasteiger partial charge in [0.2, 0.25) is 0 Å². The van der Waals surface area contributed by atoms with Crippen molar-refractivity contribution in [1.82, 2.24) is 5.32 Å². The van der Waals surface area contributed by atoms with Gasteiger partial charge in [-0.05, 0) is 6.42 Å². The molecule has 0 spiro atoms. The zero-order valence-electron chi connectivity index (χ0n) is 7.61. The first-order valence-corrected chi connectivity index (χ1v) is 4.11. The van der Waals surface area contributed by atoms with E-state index in [1.165, 1.54) is 0 Å². The second kappa shape index (κ2) is 3.51. The Kier molecular flexibility index (Phi) is 2.86. The van der Waals surface area contributed by atoms with Crippen molar-refractivity contribution in [2.75, 3.05) is 6.54 Å². The van der Waals surface area contributed by atoms with Gasteiger partial charge in [-0.1, -0.05) is 0 Å². The fraction of sp³-hybridized carbons (Fsp3) is 0.857. The van der Waals surface area contributed by atoms with Crippen molar-refractivity contribution in [3.8, 4) is 0 Å². The molecule has 1 saturated heterocycles. The lowest BCUT2D eigenvalue weighted by atomic mass is 9.84. The summed E-state index contributed by atoms with van der Waals surface area (Å²) >= 11 is 0. The number of hydrogen-bond donors (Lipinski definition) is 2. The number of alkyl halides is 6. The largest absolute Gasteiger partial charge is 0.480 e. The molecule has 0 aliphatic carbocycles. The summed E-state index contributed by atoms with van der Waals surface area (Å²) in [7, 11) is 0. The van der Waals surface area contributed by atoms with E-state index in [2.05, 4.69) is 0 Å². The maximum absolute atomic E-state index is 12.4. The molecular weight excluding hydrogens is 244 g/mol. The number of carbonyl (C=O) groups is 1. The maximum atomic E-state index is 12.4. The Morgan fingerprint density at radius 3 is 1.81 bits per heavy atom. The lowest BCUT2D eigenvalue weighted by Crippen LogP contribution is -2.51. The number of hydrogen-bond acceptors (Lipinski definition) is 2. The highest BCUT2D eigenvalue weighted by molar-refractivity contribution is 5.74. The predicted molar refractivity (Wildman–Crippen MR) is 38.6 cm³/mol. The SMILES string of the molecule is O=C(O)C1CC(C(F)(F)F)(C(F)(F)F)CN1. The van der Waals surface area contributed by atoms with E-state index < -0.39 is 42.7 Å². The van der Waals surface area contributed by atoms with Crippen LogP contribution in [0.15, 0.2) is 0 Å². The highest BCUT2D eigenvalue weighted by atomic mass is 19.4. The number of halogens is 6. The molecule has 1 unspecified atom stereocenters. The Morgan fingerprint density at radius 2 is 1.62 bits per heavy atom. The molecule has 0 bridgehead atoms. The number of aliphatic carboxylic acids is 1. The normalized spacial score (nSPS) is 25.8. The molecule has 3 nitrogen and oxygen atoms in total. The van der Waals surface area contributed by atoms with E-state index in [1.54, 1.807) is 5.32 Å². The van der Waals surface area contributed by atoms with Crippen LogP contribution < -0.4 is 5.32 Å². The Labute approximate surface area is 85.4 Å². The average molecular weight is 251 g/mol. The van der Waals surface area contributed by atoms with E-state index in [4.69, 9.17) is 5.11 Å². The Balaban J connectivity index is 3.07. The van der Waals surface area contributed by atoms with Crippen LogP contribution in [0.25, 0.3) is 0 Å². The molecule has 0 radical (unpaired) electrons. The number of carboxylic acids is 1. The molecule has 0 amide bonds. The van der Waals surface area contributed by atoms with Gasteiger partial charge in [0.15, 0.2) is 5.41 Å². The molecule has 2 N–H and O–H groups in total. The van der Waals surface area contributed by atoms with Crippen molar-refractivity contribution in [2.24, 2.45) is 5.41 Å². The lowest BCUT2D eigenvalue weighted by molar-refractivity contribution is -0.333. The summed E-state index contributed by atoms with van der Waals surface area (Å²) in [4.78, 5) is 10.3. The number of carboxylic acid groups (broad SMARTS) is 1. The van der Waals surface area contributed by atoms with E-state index in [1.807, 2.05) is 0 Å². The molecule has 1 aliphatic rings. The van der Waals surface area contributed by atoms with Crippen LogP contribution in [0.5, 0.6) is 0 Å². The van der Waals surface area contributed by atoms with E-state index >= 15 is 0 Å². The third-order valence-corrected chi connectivity index (χ3v) is 2.59. The van der Waals surface area contributed by atoms with Crippen LogP contribution in [-0.2, 0) is 4.79 Å². The summed E-state index contributed by atoms with van der Waals surface area (Å²) in [5, 5.41) is 10.1. The van der Waals surface area contributed by atoms with Gasteiger partial charge < -0.3 is 10.4 Å². The van der Waals surface area contributed by atoms with Crippen molar-refractivity contribution in [3.63, 3.8) is 0 Å². The molecule has 9 heteroatoms. The first kappa shape index (κ1) is 13.1. The molecule has 0 saturated carbocycles. The van der Waals surface area contributed by atoms with Crippen LogP contribution in [0.2, 0.25) is 0 Å². The quantitative estimate of drug-likeness (QED) is 0.695. The first-order chi connectivity index (χ1) is 7.01. The summed E-state index contributed by atoms with van der Waals surface area (Å²) in [6, 6.07) is -1.83. The van der Waals surface area contributed by atoms with E-state index in [0.717, 1.165) is 0 Å². The minimum absolute atomic E-state index is 1.46. The zero-order chi connectivity index (χ0) is 12.8. The highest BCUT2D eigenvalue weighted by Crippen LogP contribution is 2.54. The minimum Gasteiger partial charge on any atom is -0.480 e. The summed E-state index contributed by atoms with van der Waals surface area (Å²) in [6.45, 7) is -1.46. The Morgan fingerprint density at radius 1 is 1.19 bits per heavy atom. The molecule has 0 aromatic heterocycles. The summed E-state index contributed by atoms with van der Waals surface area (Å²) in [6.07, 6.45) is -12.6. The summed E-state index contributed by atoms with van der Waals surface area (Å²) in [5.74, 6) is -1.73. The van der Waals surface area contributed by atoms with Crippen LogP contribution >= 0.6 is 0 Å². The molecule has 1 atom stereocenters. The van der Waals surface area contributed by atoms with Gasteiger partial charge in [-0.15, -0.1) is 0 Å². The van der Waals surface area contributed by atoms with Gasteiger partial charge in [0.05, 0.1) is 0 Å². The third-order valence-electron chi connectivity index (χ3n) is 2.59. The van der Waals surface area contributed by atoms with Crippen molar-refractivity contribution >= 4 is 5.97 Å². The van der Waals surface area contributed by atoms with Crippen LogP contribution in [0.3, 0.4) is 0 Å². The highest BCUT2D eigenvalue weighted by Gasteiger charge is 2.73. The fourth-order valence-corrected chi connectivity index (χ4v) is 1.56. The second-order valence-electron chi connectivity index (χ2n) is 3.55. The van der Waals surface area contributed by atoms with Gasteiger partial charge in [-0.25, -0.2) is 0 Å². The molecule has 1 fully saturated rings. The van der Waals surface area contributed by atoms with Crippen molar-refractivity contribution in [3.05, 3.63) is 0 Å². The van der Waals surface area contributed by atoms with Crippen molar-refractivity contribution in [1.29, 1.82) is 0 Å². The van der Waals surface area contributed by atoms with Gasteiger partial charge >= 0.3 is 18.3 Å². The predicted octanol–water partition coefficient (Wildman–Crippen LogP) is 1.54. The molecule has 94 valence electrons. The van der Waals surface area contributed by atoms with Crippen LogP contribution in [0.4, 0.5) is 26.3 Å². The van der Waals surface area contributed by atoms with Crippen LogP contribution in [0, 0.1) is 5.41 Å². The smallest absolute Gasteiger partial charge is 0.404 e. The van der Waals surface area contributed by atoms with Gasteiger partial charge in [0.25, 0.3) is 0 Å². The van der Waals surface area contributed by atoms with Gasteiger partial charge in [0, 0.05) is 6.54 Å². The minimum atomic E-state index is -5.53. The van der Waals surface area contributed by atoms with Gasteiger partial charge in [0.1, 0.15) is 6.04 Å². The van der Waals surface area contributed by atoms with E-state index in [-0.39, 0.29) is 0 Å². The molecular formula is C7H7F6NO2. The molecule has 1 rings (SSSR count). The topological polar surface area (TPSA) is 49.3 Å². The Bertz CT molecular complexity index is 282. The zero-order valence-corrected chi connectivity index (χ0v) is 7.61. The summed E-state index contributed by atoms with van der Waals surface area (Å²) < 4.78 is 74.4. The molecule has 0 aromatic carbocycles. The average Bonchev–Trinajstić information content (AvgIpc) is 2.44. The van der Waals surface area contributed by atoms with Gasteiger partial charge in [-0.2, -0.15) is 26.3 Å². The van der Waals surface area contributed by atoms with E-state index in [0.29, 0.717) is 0 Å². The first-order valence-electron chi connectivity index (χ1n) is 4.11. The van der Waals surface area contributed by atoms with Crippen molar-refractivity contribution < 1.29 is 36.2 Å². The second-order valence-corrected chi connectivity index (χ2v) is 3.55. The van der Waals surface area contributed by atoms with Gasteiger partial charge in [-0.3, -0.25) is 4.79 Å². The lowest BCUT2D eigenvalue weighted by Gasteiger charge is -2.32. The monoisotopic (exact) mass is 251 g/mol.